The molecule has 4 nitrogen and oxygen atoms in total. The van der Waals surface area contributed by atoms with E-state index in [9.17, 15) is 0 Å². The molecule has 0 amide bonds. The molecular formula is C23H16IrN4-2. The van der Waals surface area contributed by atoms with Crippen LogP contribution in [0.1, 0.15) is 0 Å². The molecule has 1 radical (unpaired) electrons. The molecule has 0 fully saturated rings. The van der Waals surface area contributed by atoms with Gasteiger partial charge in [0.2, 0.25) is 0 Å². The molecule has 0 saturated carbocycles. The zero-order valence-corrected chi connectivity index (χ0v) is 17.3. The quantitative estimate of drug-likeness (QED) is 0.302. The SMILES string of the molecule is [Ir].[c-]1ccccc1-c1nccc2ccccc12.c1ccc(-c2ccn[n-]2)nc1. The summed E-state index contributed by atoms with van der Waals surface area (Å²) in [6.45, 7) is 0. The number of pyridine rings is 2. The number of aromatic nitrogens is 4. The van der Waals surface area contributed by atoms with Gasteiger partial charge in [0.25, 0.3) is 0 Å². The van der Waals surface area contributed by atoms with Gasteiger partial charge >= 0.3 is 0 Å². The summed E-state index contributed by atoms with van der Waals surface area (Å²) < 4.78 is 0. The van der Waals surface area contributed by atoms with Crippen molar-refractivity contribution in [3.05, 3.63) is 104 Å². The molecule has 5 aromatic rings. The summed E-state index contributed by atoms with van der Waals surface area (Å²) in [6.07, 6.45) is 5.24. The Kier molecular flexibility index (Phi) is 6.79. The molecule has 0 N–H and O–H groups in total. The van der Waals surface area contributed by atoms with Crippen molar-refractivity contribution in [1.82, 2.24) is 20.2 Å². The molecule has 3 aromatic heterocycles. The van der Waals surface area contributed by atoms with E-state index in [0.29, 0.717) is 0 Å². The first kappa shape index (κ1) is 19.6. The smallest absolute Gasteiger partial charge is 0.0493 e. The predicted octanol–water partition coefficient (Wildman–Crippen LogP) is 4.80. The Bertz CT molecular complexity index is 1110. The number of hydrogen-bond acceptors (Lipinski definition) is 3. The van der Waals surface area contributed by atoms with Gasteiger partial charge in [0.1, 0.15) is 0 Å². The fourth-order valence-electron chi connectivity index (χ4n) is 2.76. The average Bonchev–Trinajstić information content (AvgIpc) is 3.30. The monoisotopic (exact) mass is 541 g/mol. The minimum Gasteiger partial charge on any atom is -0.574 e. The third kappa shape index (κ3) is 4.58. The number of benzene rings is 2. The number of fused-ring (bicyclic) bond motifs is 1. The van der Waals surface area contributed by atoms with Crippen LogP contribution in [-0.2, 0) is 20.1 Å². The van der Waals surface area contributed by atoms with Gasteiger partial charge in [-0.2, -0.15) is 0 Å². The summed E-state index contributed by atoms with van der Waals surface area (Å²) in [4.78, 5) is 8.56. The number of rotatable bonds is 2. The largest absolute Gasteiger partial charge is 0.574 e. The first-order valence-corrected chi connectivity index (χ1v) is 8.58. The summed E-state index contributed by atoms with van der Waals surface area (Å²) in [5.74, 6) is 0. The van der Waals surface area contributed by atoms with Gasteiger partial charge < -0.3 is 15.2 Å². The zero-order chi connectivity index (χ0) is 18.3. The van der Waals surface area contributed by atoms with Crippen LogP contribution < -0.4 is 5.10 Å². The van der Waals surface area contributed by atoms with Gasteiger partial charge in [-0.25, -0.2) is 0 Å². The fourth-order valence-corrected chi connectivity index (χ4v) is 2.76. The van der Waals surface area contributed by atoms with Crippen LogP contribution in [0.2, 0.25) is 0 Å². The Balaban J connectivity index is 0.000000165. The van der Waals surface area contributed by atoms with Crippen molar-refractivity contribution in [3.63, 3.8) is 0 Å². The van der Waals surface area contributed by atoms with Crippen LogP contribution in [0.5, 0.6) is 0 Å². The molecule has 2 aromatic carbocycles. The van der Waals surface area contributed by atoms with Crippen LogP contribution in [0.4, 0.5) is 0 Å². The van der Waals surface area contributed by atoms with Crippen molar-refractivity contribution >= 4 is 10.8 Å². The Morgan fingerprint density at radius 1 is 0.714 bits per heavy atom. The molecule has 3 heterocycles. The van der Waals surface area contributed by atoms with Gasteiger partial charge in [-0.05, 0) is 34.7 Å². The van der Waals surface area contributed by atoms with Crippen molar-refractivity contribution in [2.45, 2.75) is 0 Å². The molecule has 0 saturated heterocycles. The van der Waals surface area contributed by atoms with Crippen molar-refractivity contribution in [2.24, 2.45) is 0 Å². The molecule has 5 rings (SSSR count). The standard InChI is InChI=1S/C15H10N.C8H6N3.Ir/c1-2-7-13(8-3-1)15-14-9-5-4-6-12(14)10-11-16-15;1-2-5-9-7(3-1)8-4-6-10-11-8;/h1-7,9-11H;1-6H;/q2*-1;. The van der Waals surface area contributed by atoms with E-state index in [0.717, 1.165) is 22.6 Å². The zero-order valence-electron chi connectivity index (χ0n) is 14.9. The van der Waals surface area contributed by atoms with Crippen LogP contribution >= 0.6 is 0 Å². The topological polar surface area (TPSA) is 52.8 Å². The van der Waals surface area contributed by atoms with Gasteiger partial charge in [0.05, 0.1) is 0 Å². The molecule has 0 spiro atoms. The Morgan fingerprint density at radius 2 is 1.57 bits per heavy atom. The molecule has 0 aliphatic carbocycles. The molecule has 0 atom stereocenters. The Labute approximate surface area is 177 Å². The second-order valence-electron chi connectivity index (χ2n) is 5.79. The second-order valence-corrected chi connectivity index (χ2v) is 5.79. The molecular weight excluding hydrogens is 524 g/mol. The predicted molar refractivity (Wildman–Crippen MR) is 107 cm³/mol. The average molecular weight is 541 g/mol. The number of hydrogen-bond donors (Lipinski definition) is 0. The van der Waals surface area contributed by atoms with Gasteiger partial charge in [-0.3, -0.25) is 4.98 Å². The van der Waals surface area contributed by atoms with Crippen molar-refractivity contribution in [2.75, 3.05) is 0 Å². The third-order valence-corrected chi connectivity index (χ3v) is 4.03. The third-order valence-electron chi connectivity index (χ3n) is 4.03. The van der Waals surface area contributed by atoms with Crippen LogP contribution in [0.25, 0.3) is 33.4 Å². The van der Waals surface area contributed by atoms with E-state index in [2.05, 4.69) is 38.4 Å². The molecule has 0 bridgehead atoms. The first-order chi connectivity index (χ1) is 13.4. The van der Waals surface area contributed by atoms with Crippen molar-refractivity contribution in [3.8, 4) is 22.6 Å². The summed E-state index contributed by atoms with van der Waals surface area (Å²) >= 11 is 0. The maximum Gasteiger partial charge on any atom is 0.0493 e. The van der Waals surface area contributed by atoms with E-state index < -0.39 is 0 Å². The van der Waals surface area contributed by atoms with E-state index in [1.54, 1.807) is 12.4 Å². The Hall–Kier alpha value is -3.14. The van der Waals surface area contributed by atoms with E-state index in [-0.39, 0.29) is 20.1 Å². The van der Waals surface area contributed by atoms with Crippen molar-refractivity contribution in [1.29, 1.82) is 0 Å². The maximum atomic E-state index is 4.45. The minimum atomic E-state index is 0. The van der Waals surface area contributed by atoms with Gasteiger partial charge in [0.15, 0.2) is 0 Å². The molecule has 0 aliphatic heterocycles. The van der Waals surface area contributed by atoms with E-state index in [4.69, 9.17) is 0 Å². The van der Waals surface area contributed by atoms with Gasteiger partial charge in [-0.1, -0.05) is 42.1 Å². The molecule has 5 heteroatoms. The van der Waals surface area contributed by atoms with Crippen LogP contribution in [0.15, 0.2) is 97.5 Å². The number of nitrogens with zero attached hydrogens (tertiary/aromatic N) is 4. The molecule has 0 aliphatic rings. The summed E-state index contributed by atoms with van der Waals surface area (Å²) in [5.41, 5.74) is 3.73. The minimum absolute atomic E-state index is 0. The Morgan fingerprint density at radius 3 is 2.32 bits per heavy atom. The summed E-state index contributed by atoms with van der Waals surface area (Å²) in [7, 11) is 0. The van der Waals surface area contributed by atoms with E-state index in [1.807, 2.05) is 72.9 Å². The molecule has 28 heavy (non-hydrogen) atoms. The maximum absolute atomic E-state index is 4.45. The van der Waals surface area contributed by atoms with E-state index in [1.165, 1.54) is 10.8 Å². The molecule has 139 valence electrons. The van der Waals surface area contributed by atoms with Crippen LogP contribution in [0.3, 0.4) is 0 Å². The van der Waals surface area contributed by atoms with Crippen LogP contribution in [0, 0.1) is 6.07 Å². The van der Waals surface area contributed by atoms with Gasteiger partial charge in [0, 0.05) is 44.4 Å². The first-order valence-electron chi connectivity index (χ1n) is 8.58. The molecule has 0 unspecified atom stereocenters. The van der Waals surface area contributed by atoms with Gasteiger partial charge in [-0.15, -0.1) is 35.9 Å². The summed E-state index contributed by atoms with van der Waals surface area (Å²) in [5, 5.41) is 9.97. The van der Waals surface area contributed by atoms with E-state index >= 15 is 0 Å². The van der Waals surface area contributed by atoms with Crippen molar-refractivity contribution < 1.29 is 20.1 Å². The fraction of sp³-hybridized carbons (Fsp3) is 0. The summed E-state index contributed by atoms with van der Waals surface area (Å²) in [6, 6.07) is 29.0. The van der Waals surface area contributed by atoms with Crippen LogP contribution in [-0.4, -0.2) is 15.1 Å². The normalized spacial score (nSPS) is 9.86. The second kappa shape index (κ2) is 9.70.